The highest BCUT2D eigenvalue weighted by atomic mass is 19.1. The molecule has 1 N–H and O–H groups in total. The Bertz CT molecular complexity index is 800. The van der Waals surface area contributed by atoms with Crippen molar-refractivity contribution in [3.63, 3.8) is 0 Å². The molecule has 0 fully saturated rings. The molecule has 2 aromatic carbocycles. The van der Waals surface area contributed by atoms with Crippen molar-refractivity contribution < 1.29 is 23.5 Å². The Morgan fingerprint density at radius 1 is 1.04 bits per heavy atom. The zero-order valence-corrected chi connectivity index (χ0v) is 15.4. The van der Waals surface area contributed by atoms with Gasteiger partial charge in [0, 0.05) is 6.08 Å². The maximum absolute atomic E-state index is 12.9. The lowest BCUT2D eigenvalue weighted by Crippen LogP contribution is -2.39. The normalized spacial score (nSPS) is 13.0. The fraction of sp³-hybridized carbons (Fsp3) is 0.238. The van der Waals surface area contributed by atoms with Crippen LogP contribution in [-0.4, -0.2) is 25.0 Å². The van der Waals surface area contributed by atoms with E-state index in [9.17, 15) is 14.0 Å². The van der Waals surface area contributed by atoms with Crippen LogP contribution in [-0.2, 0) is 14.3 Å². The Balaban J connectivity index is 1.86. The molecule has 1 amide bonds. The first kappa shape index (κ1) is 20.2. The molecule has 0 heterocycles. The standard InChI is InChI=1S/C21H22FNO4/c1-14(21(25)27-15(2)17-7-9-18(22)10-8-17)23-20(24)13-6-16-4-11-19(26-3)12-5-16/h4-15H,1-3H3,(H,23,24)/b13-6+/t14-,15-/m0/s1. The highest BCUT2D eigenvalue weighted by molar-refractivity contribution is 5.94. The zero-order chi connectivity index (χ0) is 19.8. The molecule has 0 aliphatic carbocycles. The number of amides is 1. The van der Waals surface area contributed by atoms with Crippen LogP contribution >= 0.6 is 0 Å². The SMILES string of the molecule is COc1ccc(/C=C/C(=O)N[C@@H](C)C(=O)O[C@@H](C)c2ccc(F)cc2)cc1. The van der Waals surface area contributed by atoms with Crippen molar-refractivity contribution >= 4 is 18.0 Å². The molecule has 6 heteroatoms. The first-order valence-electron chi connectivity index (χ1n) is 8.47. The molecular weight excluding hydrogens is 349 g/mol. The van der Waals surface area contributed by atoms with Crippen LogP contribution in [0.3, 0.4) is 0 Å². The van der Waals surface area contributed by atoms with Gasteiger partial charge in [-0.15, -0.1) is 0 Å². The van der Waals surface area contributed by atoms with Crippen LogP contribution < -0.4 is 10.1 Å². The van der Waals surface area contributed by atoms with Crippen LogP contribution in [0.25, 0.3) is 6.08 Å². The monoisotopic (exact) mass is 371 g/mol. The van der Waals surface area contributed by atoms with Crippen molar-refractivity contribution in [2.45, 2.75) is 26.0 Å². The summed E-state index contributed by atoms with van der Waals surface area (Å²) in [5.74, 6) is -0.618. The van der Waals surface area contributed by atoms with Crippen molar-refractivity contribution in [2.75, 3.05) is 7.11 Å². The van der Waals surface area contributed by atoms with Gasteiger partial charge in [-0.25, -0.2) is 9.18 Å². The fourth-order valence-electron chi connectivity index (χ4n) is 2.29. The summed E-state index contributed by atoms with van der Waals surface area (Å²) in [6.45, 7) is 3.22. The number of methoxy groups -OCH3 is 1. The third-order valence-corrected chi connectivity index (χ3v) is 3.89. The van der Waals surface area contributed by atoms with Gasteiger partial charge in [0.1, 0.15) is 23.7 Å². The Morgan fingerprint density at radius 2 is 1.67 bits per heavy atom. The van der Waals surface area contributed by atoms with Gasteiger partial charge >= 0.3 is 5.97 Å². The lowest BCUT2D eigenvalue weighted by molar-refractivity contribution is -0.151. The molecular formula is C21H22FNO4. The number of hydrogen-bond acceptors (Lipinski definition) is 4. The van der Waals surface area contributed by atoms with Crippen molar-refractivity contribution in [3.05, 3.63) is 71.6 Å². The molecule has 0 aromatic heterocycles. The molecule has 5 nitrogen and oxygen atoms in total. The molecule has 0 bridgehead atoms. The quantitative estimate of drug-likeness (QED) is 0.596. The molecule has 0 saturated carbocycles. The highest BCUT2D eigenvalue weighted by Crippen LogP contribution is 2.17. The third-order valence-electron chi connectivity index (χ3n) is 3.89. The summed E-state index contributed by atoms with van der Waals surface area (Å²) in [6, 6.07) is 12.1. The topological polar surface area (TPSA) is 64.6 Å². The van der Waals surface area contributed by atoms with E-state index in [4.69, 9.17) is 9.47 Å². The van der Waals surface area contributed by atoms with E-state index >= 15 is 0 Å². The lowest BCUT2D eigenvalue weighted by atomic mass is 10.1. The van der Waals surface area contributed by atoms with Crippen molar-refractivity contribution in [3.8, 4) is 5.75 Å². The van der Waals surface area contributed by atoms with Crippen molar-refractivity contribution in [2.24, 2.45) is 0 Å². The van der Waals surface area contributed by atoms with E-state index < -0.39 is 24.0 Å². The highest BCUT2D eigenvalue weighted by Gasteiger charge is 2.19. The van der Waals surface area contributed by atoms with Crippen LogP contribution in [0, 0.1) is 5.82 Å². The van der Waals surface area contributed by atoms with Gasteiger partial charge in [-0.3, -0.25) is 4.79 Å². The van der Waals surface area contributed by atoms with E-state index in [-0.39, 0.29) is 5.82 Å². The number of hydrogen-bond donors (Lipinski definition) is 1. The molecule has 0 saturated heterocycles. The number of halogens is 1. The van der Waals surface area contributed by atoms with Gasteiger partial charge in [-0.1, -0.05) is 24.3 Å². The fourth-order valence-corrected chi connectivity index (χ4v) is 2.29. The molecule has 142 valence electrons. The van der Waals surface area contributed by atoms with E-state index in [0.29, 0.717) is 5.56 Å². The molecule has 2 aromatic rings. The van der Waals surface area contributed by atoms with Crippen LogP contribution in [0.4, 0.5) is 4.39 Å². The summed E-state index contributed by atoms with van der Waals surface area (Å²) in [7, 11) is 1.58. The number of rotatable bonds is 7. The summed E-state index contributed by atoms with van der Waals surface area (Å²) >= 11 is 0. The Labute approximate surface area is 157 Å². The molecule has 0 radical (unpaired) electrons. The van der Waals surface area contributed by atoms with Gasteiger partial charge < -0.3 is 14.8 Å². The number of carbonyl (C=O) groups excluding carboxylic acids is 2. The Hall–Kier alpha value is -3.15. The van der Waals surface area contributed by atoms with Crippen molar-refractivity contribution in [1.29, 1.82) is 0 Å². The second kappa shape index (κ2) is 9.52. The number of nitrogens with one attached hydrogen (secondary N) is 1. The van der Waals surface area contributed by atoms with Crippen LogP contribution in [0.15, 0.2) is 54.6 Å². The molecule has 0 aliphatic heterocycles. The minimum absolute atomic E-state index is 0.360. The largest absolute Gasteiger partial charge is 0.497 e. The van der Waals surface area contributed by atoms with Gasteiger partial charge in [-0.2, -0.15) is 0 Å². The Morgan fingerprint density at radius 3 is 2.26 bits per heavy atom. The maximum Gasteiger partial charge on any atom is 0.328 e. The van der Waals surface area contributed by atoms with E-state index in [1.807, 2.05) is 12.1 Å². The van der Waals surface area contributed by atoms with Crippen molar-refractivity contribution in [1.82, 2.24) is 5.32 Å². The van der Waals surface area contributed by atoms with E-state index in [0.717, 1.165) is 11.3 Å². The lowest BCUT2D eigenvalue weighted by Gasteiger charge is -2.17. The van der Waals surface area contributed by atoms with Crippen LogP contribution in [0.1, 0.15) is 31.1 Å². The minimum atomic E-state index is -0.819. The van der Waals surface area contributed by atoms with E-state index in [1.165, 1.54) is 18.2 Å². The summed E-state index contributed by atoms with van der Waals surface area (Å²) in [5.41, 5.74) is 1.49. The summed E-state index contributed by atoms with van der Waals surface area (Å²) in [4.78, 5) is 24.1. The molecule has 0 spiro atoms. The second-order valence-corrected chi connectivity index (χ2v) is 5.97. The van der Waals surface area contributed by atoms with E-state index in [1.54, 1.807) is 51.3 Å². The smallest absolute Gasteiger partial charge is 0.328 e. The predicted molar refractivity (Wildman–Crippen MR) is 101 cm³/mol. The molecule has 2 atom stereocenters. The minimum Gasteiger partial charge on any atom is -0.497 e. The first-order valence-corrected chi connectivity index (χ1v) is 8.47. The molecule has 0 unspecified atom stereocenters. The number of carbonyl (C=O) groups is 2. The molecule has 0 aliphatic rings. The summed E-state index contributed by atoms with van der Waals surface area (Å²) in [6.07, 6.45) is 2.43. The summed E-state index contributed by atoms with van der Waals surface area (Å²) in [5, 5.41) is 2.55. The van der Waals surface area contributed by atoms with E-state index in [2.05, 4.69) is 5.32 Å². The number of ether oxygens (including phenoxy) is 2. The second-order valence-electron chi connectivity index (χ2n) is 5.97. The predicted octanol–water partition coefficient (Wildman–Crippen LogP) is 3.66. The maximum atomic E-state index is 12.9. The number of benzene rings is 2. The first-order chi connectivity index (χ1) is 12.9. The van der Waals surface area contributed by atoms with Gasteiger partial charge in [0.25, 0.3) is 0 Å². The number of esters is 1. The van der Waals surface area contributed by atoms with Gasteiger partial charge in [0.15, 0.2) is 0 Å². The molecule has 2 rings (SSSR count). The Kier molecular flexibility index (Phi) is 7.11. The van der Waals surface area contributed by atoms with Gasteiger partial charge in [0.2, 0.25) is 5.91 Å². The summed E-state index contributed by atoms with van der Waals surface area (Å²) < 4.78 is 23.3. The average molecular weight is 371 g/mol. The van der Waals surface area contributed by atoms with Gasteiger partial charge in [0.05, 0.1) is 7.11 Å². The van der Waals surface area contributed by atoms with Crippen LogP contribution in [0.2, 0.25) is 0 Å². The zero-order valence-electron chi connectivity index (χ0n) is 15.4. The average Bonchev–Trinajstić information content (AvgIpc) is 2.67. The van der Waals surface area contributed by atoms with Gasteiger partial charge in [-0.05, 0) is 55.3 Å². The third kappa shape index (κ3) is 6.26. The molecule has 27 heavy (non-hydrogen) atoms. The van der Waals surface area contributed by atoms with Crippen LogP contribution in [0.5, 0.6) is 5.75 Å².